The molecule has 1 rings (SSSR count). The minimum Gasteiger partial charge on any atom is -0.497 e. The van der Waals surface area contributed by atoms with Crippen molar-refractivity contribution in [2.24, 2.45) is 0 Å². The van der Waals surface area contributed by atoms with Crippen LogP contribution in [0.25, 0.3) is 0 Å². The van der Waals surface area contributed by atoms with Gasteiger partial charge in [0.1, 0.15) is 5.75 Å². The van der Waals surface area contributed by atoms with Gasteiger partial charge in [0.05, 0.1) is 12.0 Å². The summed E-state index contributed by atoms with van der Waals surface area (Å²) in [6.07, 6.45) is 0.432. The molecule has 6 heteroatoms. The summed E-state index contributed by atoms with van der Waals surface area (Å²) < 4.78 is 32.0. The van der Waals surface area contributed by atoms with Crippen LogP contribution in [0.5, 0.6) is 5.75 Å². The molecule has 0 spiro atoms. The summed E-state index contributed by atoms with van der Waals surface area (Å²) in [6, 6.07) is 3.44. The molecular weight excluding hydrogens is 278 g/mol. The molecule has 0 aliphatic heterocycles. The van der Waals surface area contributed by atoms with Crippen LogP contribution in [0.3, 0.4) is 0 Å². The first kappa shape index (κ1) is 16.9. The summed E-state index contributed by atoms with van der Waals surface area (Å²) in [5, 5.41) is 8.89. The third-order valence-electron chi connectivity index (χ3n) is 3.19. The van der Waals surface area contributed by atoms with Gasteiger partial charge in [-0.3, -0.25) is 0 Å². The van der Waals surface area contributed by atoms with E-state index in [2.05, 4.69) is 0 Å². The van der Waals surface area contributed by atoms with Gasteiger partial charge in [-0.1, -0.05) is 6.92 Å². The summed E-state index contributed by atoms with van der Waals surface area (Å²) in [6.45, 7) is 6.01. The van der Waals surface area contributed by atoms with Gasteiger partial charge in [-0.25, -0.2) is 8.42 Å². The molecule has 0 bridgehead atoms. The van der Waals surface area contributed by atoms with Gasteiger partial charge in [0, 0.05) is 19.7 Å². The lowest BCUT2D eigenvalue weighted by molar-refractivity contribution is 0.271. The molecule has 1 N–H and O–H groups in total. The van der Waals surface area contributed by atoms with Gasteiger partial charge in [-0.2, -0.15) is 4.31 Å². The lowest BCUT2D eigenvalue weighted by Crippen LogP contribution is -2.33. The van der Waals surface area contributed by atoms with Crippen LogP contribution < -0.4 is 4.74 Å². The van der Waals surface area contributed by atoms with E-state index in [1.807, 2.05) is 0 Å². The van der Waals surface area contributed by atoms with Gasteiger partial charge in [0.2, 0.25) is 10.0 Å². The largest absolute Gasteiger partial charge is 0.497 e. The topological polar surface area (TPSA) is 66.8 Å². The average molecular weight is 301 g/mol. The fourth-order valence-corrected chi connectivity index (χ4v) is 4.16. The minimum atomic E-state index is -3.54. The summed E-state index contributed by atoms with van der Waals surface area (Å²) in [4.78, 5) is 0.332. The second-order valence-corrected chi connectivity index (χ2v) is 6.54. The van der Waals surface area contributed by atoms with Gasteiger partial charge in [-0.15, -0.1) is 0 Å². The molecule has 1 aromatic rings. The van der Waals surface area contributed by atoms with E-state index in [4.69, 9.17) is 9.84 Å². The van der Waals surface area contributed by atoms with E-state index in [0.29, 0.717) is 41.3 Å². The zero-order chi connectivity index (χ0) is 15.3. The molecule has 0 radical (unpaired) electrons. The van der Waals surface area contributed by atoms with Crippen LogP contribution in [-0.2, 0) is 10.0 Å². The number of aliphatic hydroxyl groups excluding tert-OH is 1. The van der Waals surface area contributed by atoms with E-state index < -0.39 is 10.0 Å². The van der Waals surface area contributed by atoms with Crippen LogP contribution in [0, 0.1) is 13.8 Å². The number of hydrogen-bond donors (Lipinski definition) is 1. The van der Waals surface area contributed by atoms with Crippen molar-refractivity contribution in [1.29, 1.82) is 0 Å². The summed E-state index contributed by atoms with van der Waals surface area (Å²) in [5.41, 5.74) is 1.34. The summed E-state index contributed by atoms with van der Waals surface area (Å²) in [7, 11) is -1.99. The molecule has 0 heterocycles. The van der Waals surface area contributed by atoms with Crippen LogP contribution in [-0.4, -0.2) is 44.6 Å². The molecule has 0 atom stereocenters. The van der Waals surface area contributed by atoms with Crippen molar-refractivity contribution in [3.05, 3.63) is 23.3 Å². The number of ether oxygens (including phenoxy) is 1. The Bertz CT molecular complexity index is 531. The highest BCUT2D eigenvalue weighted by molar-refractivity contribution is 7.89. The van der Waals surface area contributed by atoms with Crippen molar-refractivity contribution >= 4 is 10.0 Å². The molecule has 0 unspecified atom stereocenters. The van der Waals surface area contributed by atoms with Crippen molar-refractivity contribution in [3.8, 4) is 5.75 Å². The maximum atomic E-state index is 12.7. The molecule has 1 aromatic carbocycles. The number of aliphatic hydroxyl groups is 1. The maximum absolute atomic E-state index is 12.7. The van der Waals surface area contributed by atoms with Gasteiger partial charge >= 0.3 is 0 Å². The monoisotopic (exact) mass is 301 g/mol. The molecule has 20 heavy (non-hydrogen) atoms. The van der Waals surface area contributed by atoms with Gasteiger partial charge in [0.15, 0.2) is 0 Å². The summed E-state index contributed by atoms with van der Waals surface area (Å²) in [5.74, 6) is 0.650. The molecule has 0 amide bonds. The van der Waals surface area contributed by atoms with Crippen LogP contribution in [0.1, 0.15) is 24.5 Å². The van der Waals surface area contributed by atoms with Crippen LogP contribution in [0.2, 0.25) is 0 Å². The molecule has 0 saturated carbocycles. The lowest BCUT2D eigenvalue weighted by Gasteiger charge is -2.22. The zero-order valence-corrected chi connectivity index (χ0v) is 13.3. The third-order valence-corrected chi connectivity index (χ3v) is 5.47. The fourth-order valence-electron chi connectivity index (χ4n) is 2.26. The first-order valence-electron chi connectivity index (χ1n) is 6.64. The number of rotatable bonds is 7. The van der Waals surface area contributed by atoms with E-state index in [1.54, 1.807) is 40.0 Å². The highest BCUT2D eigenvalue weighted by Gasteiger charge is 2.26. The Morgan fingerprint density at radius 2 is 1.80 bits per heavy atom. The highest BCUT2D eigenvalue weighted by Crippen LogP contribution is 2.28. The highest BCUT2D eigenvalue weighted by atomic mass is 32.2. The van der Waals surface area contributed by atoms with Crippen molar-refractivity contribution < 1.29 is 18.3 Å². The standard InChI is InChI=1S/C14H23NO4S/c1-5-15(7-6-8-16)20(17,18)14-11(2)9-13(19-4)10-12(14)3/h9-10,16H,5-8H2,1-4H3. The fraction of sp³-hybridized carbons (Fsp3) is 0.571. The van der Waals surface area contributed by atoms with E-state index in [-0.39, 0.29) is 6.61 Å². The average Bonchev–Trinajstić information content (AvgIpc) is 2.37. The lowest BCUT2D eigenvalue weighted by atomic mass is 10.1. The quantitative estimate of drug-likeness (QED) is 0.832. The first-order valence-corrected chi connectivity index (χ1v) is 8.08. The molecule has 114 valence electrons. The normalized spacial score (nSPS) is 11.9. The smallest absolute Gasteiger partial charge is 0.243 e. The molecule has 0 aromatic heterocycles. The number of benzene rings is 1. The van der Waals surface area contributed by atoms with Gasteiger partial charge in [0.25, 0.3) is 0 Å². The predicted molar refractivity (Wildman–Crippen MR) is 78.6 cm³/mol. The zero-order valence-electron chi connectivity index (χ0n) is 12.5. The second kappa shape index (κ2) is 7.06. The van der Waals surface area contributed by atoms with Gasteiger partial charge in [-0.05, 0) is 43.5 Å². The Labute approximate surface area is 121 Å². The number of hydrogen-bond acceptors (Lipinski definition) is 4. The van der Waals surface area contributed by atoms with Crippen LogP contribution in [0.4, 0.5) is 0 Å². The molecule has 5 nitrogen and oxygen atoms in total. The first-order chi connectivity index (χ1) is 9.38. The number of methoxy groups -OCH3 is 1. The van der Waals surface area contributed by atoms with Crippen molar-refractivity contribution in [2.75, 3.05) is 26.8 Å². The Morgan fingerprint density at radius 3 is 2.20 bits per heavy atom. The molecule has 0 saturated heterocycles. The number of sulfonamides is 1. The minimum absolute atomic E-state index is 0.0212. The molecular formula is C14H23NO4S. The van der Waals surface area contributed by atoms with E-state index in [1.165, 1.54) is 4.31 Å². The van der Waals surface area contributed by atoms with Gasteiger partial charge < -0.3 is 9.84 Å². The van der Waals surface area contributed by atoms with E-state index >= 15 is 0 Å². The SMILES string of the molecule is CCN(CCCO)S(=O)(=O)c1c(C)cc(OC)cc1C. The van der Waals surface area contributed by atoms with Crippen molar-refractivity contribution in [2.45, 2.75) is 32.1 Å². The third kappa shape index (κ3) is 3.50. The predicted octanol–water partition coefficient (Wildman–Crippen LogP) is 1.71. The Kier molecular flexibility index (Phi) is 5.98. The second-order valence-electron chi connectivity index (χ2n) is 4.66. The molecule has 0 aliphatic rings. The Balaban J connectivity index is 3.27. The molecule has 0 fully saturated rings. The van der Waals surface area contributed by atoms with Crippen LogP contribution in [0.15, 0.2) is 17.0 Å². The van der Waals surface area contributed by atoms with E-state index in [9.17, 15) is 8.42 Å². The van der Waals surface area contributed by atoms with Crippen molar-refractivity contribution in [3.63, 3.8) is 0 Å². The Hall–Kier alpha value is -1.11. The maximum Gasteiger partial charge on any atom is 0.243 e. The molecule has 0 aliphatic carbocycles. The summed E-state index contributed by atoms with van der Waals surface area (Å²) >= 11 is 0. The Morgan fingerprint density at radius 1 is 1.25 bits per heavy atom. The number of nitrogens with zero attached hydrogens (tertiary/aromatic N) is 1. The van der Waals surface area contributed by atoms with E-state index in [0.717, 1.165) is 0 Å². The number of aryl methyl sites for hydroxylation is 2. The van der Waals surface area contributed by atoms with Crippen LogP contribution >= 0.6 is 0 Å². The van der Waals surface area contributed by atoms with Crippen molar-refractivity contribution in [1.82, 2.24) is 4.31 Å².